The molecule has 2 aliphatic rings. The van der Waals surface area contributed by atoms with Crippen LogP contribution in [0.3, 0.4) is 0 Å². The Kier molecular flexibility index (Phi) is 7.42. The molecule has 0 bridgehead atoms. The summed E-state index contributed by atoms with van der Waals surface area (Å²) in [6, 6.07) is 0.0784. The van der Waals surface area contributed by atoms with Crippen LogP contribution in [0.4, 0.5) is 4.79 Å². The quantitative estimate of drug-likeness (QED) is 0.795. The van der Waals surface area contributed by atoms with Gasteiger partial charge in [0, 0.05) is 46.4 Å². The molecule has 0 aliphatic carbocycles. The number of nitrogens with one attached hydrogen (secondary N) is 1. The Balaban J connectivity index is 1.71. The molecule has 2 atom stereocenters. The van der Waals surface area contributed by atoms with Crippen molar-refractivity contribution in [3.63, 3.8) is 0 Å². The van der Waals surface area contributed by atoms with Crippen molar-refractivity contribution in [2.45, 2.75) is 19.8 Å². The number of rotatable bonds is 6. The van der Waals surface area contributed by atoms with E-state index >= 15 is 0 Å². The van der Waals surface area contributed by atoms with E-state index in [1.165, 1.54) is 6.42 Å². The zero-order valence-corrected chi connectivity index (χ0v) is 14.1. The Morgan fingerprint density at radius 2 is 2.14 bits per heavy atom. The van der Waals surface area contributed by atoms with Gasteiger partial charge in [0.25, 0.3) is 0 Å². The van der Waals surface area contributed by atoms with Crippen LogP contribution in [0.2, 0.25) is 0 Å². The van der Waals surface area contributed by atoms with Crippen LogP contribution in [0.5, 0.6) is 0 Å². The van der Waals surface area contributed by atoms with Crippen LogP contribution in [-0.4, -0.2) is 82.0 Å². The van der Waals surface area contributed by atoms with Gasteiger partial charge in [0.05, 0.1) is 19.8 Å². The van der Waals surface area contributed by atoms with Crippen molar-refractivity contribution in [3.8, 4) is 0 Å². The van der Waals surface area contributed by atoms with Crippen molar-refractivity contribution in [3.05, 3.63) is 0 Å². The Morgan fingerprint density at radius 3 is 2.86 bits per heavy atom. The number of hydrogen-bond acceptors (Lipinski definition) is 4. The van der Waals surface area contributed by atoms with Crippen molar-refractivity contribution >= 4 is 6.03 Å². The highest BCUT2D eigenvalue weighted by Gasteiger charge is 2.25. The van der Waals surface area contributed by atoms with E-state index in [9.17, 15) is 4.79 Å². The standard InChI is InChI=1S/C16H31N3O3/c1-14(13-21-2)10-17-16(20)19-5-3-4-15(12-19)11-18-6-8-22-9-7-18/h14-15H,3-13H2,1-2H3,(H,17,20)/t14-,15-/m1/s1. The van der Waals surface area contributed by atoms with Gasteiger partial charge in [-0.05, 0) is 24.7 Å². The summed E-state index contributed by atoms with van der Waals surface area (Å²) in [5.74, 6) is 0.942. The first kappa shape index (κ1) is 17.5. The lowest BCUT2D eigenvalue weighted by Crippen LogP contribution is -2.49. The molecule has 2 rings (SSSR count). The molecule has 2 heterocycles. The first-order valence-electron chi connectivity index (χ1n) is 8.51. The second-order valence-electron chi connectivity index (χ2n) is 6.61. The molecule has 0 unspecified atom stereocenters. The molecule has 0 aromatic rings. The summed E-state index contributed by atoms with van der Waals surface area (Å²) in [6.07, 6.45) is 2.33. The van der Waals surface area contributed by atoms with E-state index in [-0.39, 0.29) is 6.03 Å². The van der Waals surface area contributed by atoms with E-state index < -0.39 is 0 Å². The van der Waals surface area contributed by atoms with Crippen LogP contribution in [0.25, 0.3) is 0 Å². The van der Waals surface area contributed by atoms with Gasteiger partial charge in [-0.1, -0.05) is 6.92 Å². The van der Waals surface area contributed by atoms with Crippen molar-refractivity contribution in [2.24, 2.45) is 11.8 Å². The monoisotopic (exact) mass is 313 g/mol. The van der Waals surface area contributed by atoms with E-state index in [2.05, 4.69) is 17.1 Å². The second-order valence-corrected chi connectivity index (χ2v) is 6.61. The molecule has 22 heavy (non-hydrogen) atoms. The maximum atomic E-state index is 12.3. The molecule has 0 aromatic heterocycles. The van der Waals surface area contributed by atoms with Crippen molar-refractivity contribution in [1.82, 2.24) is 15.1 Å². The first-order valence-corrected chi connectivity index (χ1v) is 8.51. The van der Waals surface area contributed by atoms with E-state index in [1.54, 1.807) is 7.11 Å². The predicted molar refractivity (Wildman–Crippen MR) is 86.0 cm³/mol. The van der Waals surface area contributed by atoms with Crippen LogP contribution < -0.4 is 5.32 Å². The minimum Gasteiger partial charge on any atom is -0.384 e. The van der Waals surface area contributed by atoms with Crippen LogP contribution >= 0.6 is 0 Å². The smallest absolute Gasteiger partial charge is 0.317 e. The number of likely N-dealkylation sites (tertiary alicyclic amines) is 1. The van der Waals surface area contributed by atoms with E-state index in [0.29, 0.717) is 25.0 Å². The third kappa shape index (κ3) is 5.74. The summed E-state index contributed by atoms with van der Waals surface area (Å²) in [5, 5.41) is 3.03. The van der Waals surface area contributed by atoms with Gasteiger partial charge in [-0.25, -0.2) is 4.79 Å². The Morgan fingerprint density at radius 1 is 1.36 bits per heavy atom. The topological polar surface area (TPSA) is 54.0 Å². The molecule has 0 aromatic carbocycles. The molecule has 2 aliphatic heterocycles. The number of nitrogens with zero attached hydrogens (tertiary/aromatic N) is 2. The van der Waals surface area contributed by atoms with Gasteiger partial charge in [0.15, 0.2) is 0 Å². The molecule has 6 heteroatoms. The zero-order valence-electron chi connectivity index (χ0n) is 14.1. The van der Waals surface area contributed by atoms with E-state index in [4.69, 9.17) is 9.47 Å². The van der Waals surface area contributed by atoms with Crippen LogP contribution in [0.15, 0.2) is 0 Å². The highest BCUT2D eigenvalue weighted by molar-refractivity contribution is 5.74. The van der Waals surface area contributed by atoms with Gasteiger partial charge in [0.2, 0.25) is 0 Å². The van der Waals surface area contributed by atoms with Crippen LogP contribution in [-0.2, 0) is 9.47 Å². The number of hydrogen-bond donors (Lipinski definition) is 1. The molecule has 0 saturated carbocycles. The number of methoxy groups -OCH3 is 1. The number of morpholine rings is 1. The van der Waals surface area contributed by atoms with Gasteiger partial charge in [-0.2, -0.15) is 0 Å². The molecule has 1 N–H and O–H groups in total. The van der Waals surface area contributed by atoms with Gasteiger partial charge in [-0.15, -0.1) is 0 Å². The minimum absolute atomic E-state index is 0.0784. The molecular formula is C16H31N3O3. The van der Waals surface area contributed by atoms with Crippen molar-refractivity contribution < 1.29 is 14.3 Å². The summed E-state index contributed by atoms with van der Waals surface area (Å²) in [6.45, 7) is 10.0. The summed E-state index contributed by atoms with van der Waals surface area (Å²) in [5.41, 5.74) is 0. The molecule has 2 amide bonds. The Bertz CT molecular complexity index is 335. The molecule has 0 radical (unpaired) electrons. The fourth-order valence-corrected chi connectivity index (χ4v) is 3.26. The zero-order chi connectivity index (χ0) is 15.8. The molecule has 128 valence electrons. The molecule has 0 spiro atoms. The lowest BCUT2D eigenvalue weighted by atomic mass is 9.97. The number of carbonyl (C=O) groups excluding carboxylic acids is 1. The van der Waals surface area contributed by atoms with Gasteiger partial charge < -0.3 is 19.7 Å². The third-order valence-electron chi connectivity index (χ3n) is 4.48. The maximum Gasteiger partial charge on any atom is 0.317 e. The highest BCUT2D eigenvalue weighted by Crippen LogP contribution is 2.18. The summed E-state index contributed by atoms with van der Waals surface area (Å²) in [4.78, 5) is 16.7. The largest absolute Gasteiger partial charge is 0.384 e. The number of amides is 2. The SMILES string of the molecule is COC[C@H](C)CNC(=O)N1CCC[C@H](CN2CCOCC2)C1. The Hall–Kier alpha value is -0.850. The number of urea groups is 1. The minimum atomic E-state index is 0.0784. The van der Waals surface area contributed by atoms with Crippen LogP contribution in [0.1, 0.15) is 19.8 Å². The van der Waals surface area contributed by atoms with Gasteiger partial charge in [-0.3, -0.25) is 4.90 Å². The fraction of sp³-hybridized carbons (Fsp3) is 0.938. The fourth-order valence-electron chi connectivity index (χ4n) is 3.26. The first-order chi connectivity index (χ1) is 10.7. The number of ether oxygens (including phenoxy) is 2. The number of piperidine rings is 1. The number of carbonyl (C=O) groups is 1. The predicted octanol–water partition coefficient (Wildman–Crippen LogP) is 1.02. The third-order valence-corrected chi connectivity index (χ3v) is 4.48. The van der Waals surface area contributed by atoms with Crippen molar-refractivity contribution in [1.29, 1.82) is 0 Å². The molecule has 2 saturated heterocycles. The van der Waals surface area contributed by atoms with Gasteiger partial charge in [0.1, 0.15) is 0 Å². The Labute approximate surface area is 134 Å². The summed E-state index contributed by atoms with van der Waals surface area (Å²) < 4.78 is 10.5. The highest BCUT2D eigenvalue weighted by atomic mass is 16.5. The second kappa shape index (κ2) is 9.33. The van der Waals surface area contributed by atoms with Crippen LogP contribution in [0, 0.1) is 11.8 Å². The average molecular weight is 313 g/mol. The van der Waals surface area contributed by atoms with Crippen molar-refractivity contribution in [2.75, 3.05) is 66.2 Å². The van der Waals surface area contributed by atoms with E-state index in [1.807, 2.05) is 4.90 Å². The normalized spacial score (nSPS) is 25.0. The molecule has 2 fully saturated rings. The lowest BCUT2D eigenvalue weighted by molar-refractivity contribution is 0.0248. The average Bonchev–Trinajstić information content (AvgIpc) is 2.54. The summed E-state index contributed by atoms with van der Waals surface area (Å²) >= 11 is 0. The molecule has 6 nitrogen and oxygen atoms in total. The van der Waals surface area contributed by atoms with E-state index in [0.717, 1.165) is 52.4 Å². The van der Waals surface area contributed by atoms with Gasteiger partial charge >= 0.3 is 6.03 Å². The molecular weight excluding hydrogens is 282 g/mol. The lowest BCUT2D eigenvalue weighted by Gasteiger charge is -2.36. The maximum absolute atomic E-state index is 12.3. The summed E-state index contributed by atoms with van der Waals surface area (Å²) in [7, 11) is 1.69.